The van der Waals surface area contributed by atoms with Gasteiger partial charge in [0.25, 0.3) is 0 Å². The number of hydrogen-bond donors (Lipinski definition) is 0. The van der Waals surface area contributed by atoms with E-state index in [1.54, 1.807) is 4.31 Å². The Kier molecular flexibility index (Phi) is 8.23. The van der Waals surface area contributed by atoms with Gasteiger partial charge in [-0.15, -0.1) is 0 Å². The molecule has 0 amide bonds. The lowest BCUT2D eigenvalue weighted by atomic mass is 10.2. The predicted octanol–water partition coefficient (Wildman–Crippen LogP) is 3.12. The molecule has 0 aliphatic carbocycles. The molecule has 0 saturated heterocycles. The second kappa shape index (κ2) is 9.40. The molecule has 0 fully saturated rings. The molecular weight excluding hydrogens is 308 g/mol. The fraction of sp³-hybridized carbons (Fsp3) is 0.667. The molecule has 1 aromatic carbocycles. The summed E-state index contributed by atoms with van der Waals surface area (Å²) in [5, 5.41) is 0. The average molecular weight is 341 g/mol. The maximum absolute atomic E-state index is 12.8. The minimum absolute atomic E-state index is 0.0830. The van der Waals surface area contributed by atoms with Gasteiger partial charge in [0.15, 0.2) is 0 Å². The van der Waals surface area contributed by atoms with Crippen LogP contribution in [0.15, 0.2) is 24.3 Å². The number of rotatable bonds is 10. The maximum atomic E-state index is 12.8. The van der Waals surface area contributed by atoms with Crippen LogP contribution in [-0.4, -0.2) is 50.3 Å². The fourth-order valence-electron chi connectivity index (χ4n) is 2.65. The lowest BCUT2D eigenvalue weighted by molar-refractivity contribution is 0.262. The van der Waals surface area contributed by atoms with E-state index in [-0.39, 0.29) is 5.75 Å². The third kappa shape index (κ3) is 7.02. The first-order chi connectivity index (χ1) is 10.8. The Morgan fingerprint density at radius 1 is 1.09 bits per heavy atom. The van der Waals surface area contributed by atoms with E-state index in [0.29, 0.717) is 19.0 Å². The molecule has 0 aliphatic rings. The Morgan fingerprint density at radius 3 is 2.26 bits per heavy atom. The largest absolute Gasteiger partial charge is 0.303 e. The van der Waals surface area contributed by atoms with Gasteiger partial charge < -0.3 is 4.90 Å². The zero-order valence-electron chi connectivity index (χ0n) is 15.2. The Labute approximate surface area is 142 Å². The number of nitrogens with zero attached hydrogens (tertiary/aromatic N) is 2. The topological polar surface area (TPSA) is 40.6 Å². The molecule has 1 aromatic rings. The summed E-state index contributed by atoms with van der Waals surface area (Å²) in [4.78, 5) is 2.26. The molecular formula is C18H32N2O2S. The quantitative estimate of drug-likeness (QED) is 0.657. The monoisotopic (exact) mass is 340 g/mol. The minimum atomic E-state index is -3.29. The smallest absolute Gasteiger partial charge is 0.218 e. The van der Waals surface area contributed by atoms with Crippen molar-refractivity contribution in [1.29, 1.82) is 0 Å². The van der Waals surface area contributed by atoms with E-state index in [1.807, 2.05) is 31.2 Å². The van der Waals surface area contributed by atoms with E-state index >= 15 is 0 Å². The maximum Gasteiger partial charge on any atom is 0.218 e. The first-order valence-electron chi connectivity index (χ1n) is 8.54. The third-order valence-electron chi connectivity index (χ3n) is 3.95. The zero-order chi connectivity index (χ0) is 17.5. The van der Waals surface area contributed by atoms with Gasteiger partial charge in [0.2, 0.25) is 10.0 Å². The molecule has 0 unspecified atom stereocenters. The van der Waals surface area contributed by atoms with Gasteiger partial charge in [0.1, 0.15) is 0 Å². The number of likely N-dealkylation sites (N-methyl/N-ethyl adjacent to an activating group) is 1. The summed E-state index contributed by atoms with van der Waals surface area (Å²) in [6, 6.07) is 7.75. The molecule has 4 nitrogen and oxygen atoms in total. The molecule has 0 radical (unpaired) electrons. The van der Waals surface area contributed by atoms with Crippen LogP contribution >= 0.6 is 0 Å². The van der Waals surface area contributed by atoms with E-state index in [0.717, 1.165) is 30.8 Å². The summed E-state index contributed by atoms with van der Waals surface area (Å²) in [6.45, 7) is 14.2. The molecule has 0 N–H and O–H groups in total. The van der Waals surface area contributed by atoms with Gasteiger partial charge >= 0.3 is 0 Å². The van der Waals surface area contributed by atoms with Crippen LogP contribution in [0.3, 0.4) is 0 Å². The van der Waals surface area contributed by atoms with Crippen LogP contribution in [0.1, 0.15) is 38.8 Å². The van der Waals surface area contributed by atoms with E-state index in [9.17, 15) is 8.42 Å². The lowest BCUT2D eigenvalue weighted by Crippen LogP contribution is -2.41. The molecule has 0 atom stereocenters. The van der Waals surface area contributed by atoms with Crippen molar-refractivity contribution in [3.8, 4) is 0 Å². The van der Waals surface area contributed by atoms with Crippen molar-refractivity contribution >= 4 is 10.0 Å². The summed E-state index contributed by atoms with van der Waals surface area (Å²) in [6.07, 6.45) is 0. The summed E-state index contributed by atoms with van der Waals surface area (Å²) in [5.41, 5.74) is 1.96. The first kappa shape index (κ1) is 20.1. The number of benzene rings is 1. The van der Waals surface area contributed by atoms with Gasteiger partial charge in [-0.2, -0.15) is 0 Å². The summed E-state index contributed by atoms with van der Waals surface area (Å²) < 4.78 is 27.4. The fourth-order valence-corrected chi connectivity index (χ4v) is 4.32. The predicted molar refractivity (Wildman–Crippen MR) is 98.0 cm³/mol. The van der Waals surface area contributed by atoms with Crippen molar-refractivity contribution in [2.24, 2.45) is 5.92 Å². The van der Waals surface area contributed by atoms with Crippen LogP contribution in [0.25, 0.3) is 0 Å². The Bertz CT molecular complexity index is 566. The highest BCUT2D eigenvalue weighted by atomic mass is 32.2. The van der Waals surface area contributed by atoms with Crippen molar-refractivity contribution in [1.82, 2.24) is 9.21 Å². The summed E-state index contributed by atoms with van der Waals surface area (Å²) >= 11 is 0. The molecule has 1 rings (SSSR count). The molecule has 0 heterocycles. The van der Waals surface area contributed by atoms with Crippen LogP contribution < -0.4 is 0 Å². The van der Waals surface area contributed by atoms with Gasteiger partial charge in [-0.05, 0) is 31.5 Å². The molecule has 0 bridgehead atoms. The van der Waals surface area contributed by atoms with Crippen molar-refractivity contribution in [3.63, 3.8) is 0 Å². The molecule has 0 spiro atoms. The Balaban J connectivity index is 2.86. The number of aryl methyl sites for hydroxylation is 1. The second-order valence-electron chi connectivity index (χ2n) is 6.52. The molecule has 132 valence electrons. The summed E-state index contributed by atoms with van der Waals surface area (Å²) in [5.74, 6) is 0.401. The van der Waals surface area contributed by atoms with Crippen LogP contribution in [-0.2, 0) is 15.8 Å². The lowest BCUT2D eigenvalue weighted by Gasteiger charge is -2.27. The van der Waals surface area contributed by atoms with Crippen molar-refractivity contribution < 1.29 is 8.42 Å². The van der Waals surface area contributed by atoms with Crippen molar-refractivity contribution in [2.75, 3.05) is 32.7 Å². The van der Waals surface area contributed by atoms with Gasteiger partial charge in [-0.3, -0.25) is 0 Å². The highest BCUT2D eigenvalue weighted by Gasteiger charge is 2.23. The number of sulfonamides is 1. The first-order valence-corrected chi connectivity index (χ1v) is 10.1. The van der Waals surface area contributed by atoms with Gasteiger partial charge in [0, 0.05) is 19.6 Å². The van der Waals surface area contributed by atoms with E-state index in [4.69, 9.17) is 0 Å². The van der Waals surface area contributed by atoms with Gasteiger partial charge in [-0.25, -0.2) is 12.7 Å². The molecule has 23 heavy (non-hydrogen) atoms. The molecule has 0 aromatic heterocycles. The molecule has 0 aliphatic heterocycles. The average Bonchev–Trinajstić information content (AvgIpc) is 2.46. The van der Waals surface area contributed by atoms with Gasteiger partial charge in [-0.1, -0.05) is 57.5 Å². The van der Waals surface area contributed by atoms with Crippen LogP contribution in [0.2, 0.25) is 0 Å². The third-order valence-corrected chi connectivity index (χ3v) is 5.77. The highest BCUT2D eigenvalue weighted by molar-refractivity contribution is 7.88. The van der Waals surface area contributed by atoms with Gasteiger partial charge in [0.05, 0.1) is 5.75 Å². The SMILES string of the molecule is CCN(CC)CCN(CC(C)C)S(=O)(=O)Cc1cccc(C)c1. The van der Waals surface area contributed by atoms with Crippen molar-refractivity contribution in [2.45, 2.75) is 40.4 Å². The minimum Gasteiger partial charge on any atom is -0.303 e. The zero-order valence-corrected chi connectivity index (χ0v) is 16.1. The van der Waals surface area contributed by atoms with Crippen molar-refractivity contribution in [3.05, 3.63) is 35.4 Å². The molecule has 5 heteroatoms. The summed E-state index contributed by atoms with van der Waals surface area (Å²) in [7, 11) is -3.29. The van der Waals surface area contributed by atoms with E-state index in [1.165, 1.54) is 0 Å². The highest BCUT2D eigenvalue weighted by Crippen LogP contribution is 2.14. The van der Waals surface area contributed by atoms with Crippen LogP contribution in [0, 0.1) is 12.8 Å². The normalized spacial score (nSPS) is 12.5. The standard InChI is InChI=1S/C18H32N2O2S/c1-6-19(7-2)11-12-20(14-16(3)4)23(21,22)15-18-10-8-9-17(5)13-18/h8-10,13,16H,6-7,11-12,14-15H2,1-5H3. The van der Waals surface area contributed by atoms with Crippen LogP contribution in [0.5, 0.6) is 0 Å². The number of hydrogen-bond acceptors (Lipinski definition) is 3. The van der Waals surface area contributed by atoms with E-state index < -0.39 is 10.0 Å². The Hall–Kier alpha value is -0.910. The van der Waals surface area contributed by atoms with Crippen LogP contribution in [0.4, 0.5) is 0 Å². The van der Waals surface area contributed by atoms with E-state index in [2.05, 4.69) is 32.6 Å². The molecule has 0 saturated carbocycles. The Morgan fingerprint density at radius 2 is 1.74 bits per heavy atom. The second-order valence-corrected chi connectivity index (χ2v) is 8.49.